The van der Waals surface area contributed by atoms with E-state index >= 15 is 0 Å². The molecule has 4 rings (SSSR count). The maximum Gasteiger partial charge on any atom is 0.262 e. The lowest BCUT2D eigenvalue weighted by molar-refractivity contribution is -0.117. The number of nitrogens with zero attached hydrogens (tertiary/aromatic N) is 1. The fraction of sp³-hybridized carbons (Fsp3) is 0.240. The first-order valence-electron chi connectivity index (χ1n) is 10.4. The molecule has 164 valence electrons. The second kappa shape index (κ2) is 8.70. The van der Waals surface area contributed by atoms with Crippen LogP contribution in [0.3, 0.4) is 0 Å². The molecule has 0 spiro atoms. The molecule has 7 heteroatoms. The molecule has 1 aliphatic heterocycles. The standard InChI is InChI=1S/C25H24N2O5/c1-4-32-22-14-16(10-11-21(22)31-3)20(13-15(2)28)27-24(29)18-8-5-7-17(23(18)25(27)30)19-9-6-12-26-19/h5-12,14,20,26H,4,13H2,1-3H3. The summed E-state index contributed by atoms with van der Waals surface area (Å²) in [6.45, 7) is 3.72. The number of H-pyrrole nitrogens is 1. The van der Waals surface area contributed by atoms with Crippen molar-refractivity contribution in [2.45, 2.75) is 26.3 Å². The van der Waals surface area contributed by atoms with E-state index in [1.54, 1.807) is 42.6 Å². The number of hydrogen-bond donors (Lipinski definition) is 1. The van der Waals surface area contributed by atoms with Crippen molar-refractivity contribution in [3.8, 4) is 22.8 Å². The van der Waals surface area contributed by atoms with Crippen molar-refractivity contribution in [3.05, 3.63) is 71.4 Å². The normalized spacial score (nSPS) is 13.8. The molecule has 1 atom stereocenters. The van der Waals surface area contributed by atoms with Crippen molar-refractivity contribution < 1.29 is 23.9 Å². The summed E-state index contributed by atoms with van der Waals surface area (Å²) in [5.41, 5.74) is 2.69. The van der Waals surface area contributed by atoms with E-state index in [2.05, 4.69) is 4.98 Å². The lowest BCUT2D eigenvalue weighted by atomic mass is 9.99. The molecule has 0 bridgehead atoms. The molecule has 32 heavy (non-hydrogen) atoms. The molecule has 1 unspecified atom stereocenters. The van der Waals surface area contributed by atoms with Crippen molar-refractivity contribution in [2.75, 3.05) is 13.7 Å². The molecule has 1 N–H and O–H groups in total. The summed E-state index contributed by atoms with van der Waals surface area (Å²) in [7, 11) is 1.54. The summed E-state index contributed by atoms with van der Waals surface area (Å²) in [6.07, 6.45) is 1.76. The number of fused-ring (bicyclic) bond motifs is 1. The van der Waals surface area contributed by atoms with Crippen molar-refractivity contribution in [2.24, 2.45) is 0 Å². The molecular weight excluding hydrogens is 408 g/mol. The predicted octanol–water partition coefficient (Wildman–Crippen LogP) is 4.41. The smallest absolute Gasteiger partial charge is 0.262 e. The minimum Gasteiger partial charge on any atom is -0.493 e. The SMILES string of the molecule is CCOc1cc(C(CC(C)=O)N2C(=O)c3cccc(-c4ccc[nH]4)c3C2=O)ccc1OC. The number of hydrogen-bond acceptors (Lipinski definition) is 5. The second-order valence-electron chi connectivity index (χ2n) is 7.56. The average molecular weight is 432 g/mol. The van der Waals surface area contributed by atoms with Gasteiger partial charge in [0.25, 0.3) is 11.8 Å². The van der Waals surface area contributed by atoms with E-state index in [4.69, 9.17) is 9.47 Å². The van der Waals surface area contributed by atoms with Gasteiger partial charge in [0.15, 0.2) is 11.5 Å². The van der Waals surface area contributed by atoms with Crippen molar-refractivity contribution in [1.82, 2.24) is 9.88 Å². The molecule has 2 heterocycles. The number of aromatic amines is 1. The van der Waals surface area contributed by atoms with Crippen molar-refractivity contribution in [1.29, 1.82) is 0 Å². The molecule has 0 saturated carbocycles. The van der Waals surface area contributed by atoms with Crippen LogP contribution in [0.5, 0.6) is 11.5 Å². The number of imide groups is 1. The Balaban J connectivity index is 1.81. The van der Waals surface area contributed by atoms with Crippen LogP contribution in [0.2, 0.25) is 0 Å². The van der Waals surface area contributed by atoms with Crippen LogP contribution in [-0.4, -0.2) is 41.2 Å². The summed E-state index contributed by atoms with van der Waals surface area (Å²) >= 11 is 0. The second-order valence-corrected chi connectivity index (χ2v) is 7.56. The number of methoxy groups -OCH3 is 1. The van der Waals surface area contributed by atoms with E-state index in [0.29, 0.717) is 40.4 Å². The van der Waals surface area contributed by atoms with E-state index in [-0.39, 0.29) is 12.2 Å². The van der Waals surface area contributed by atoms with E-state index in [9.17, 15) is 14.4 Å². The Morgan fingerprint density at radius 1 is 1.03 bits per heavy atom. The van der Waals surface area contributed by atoms with Gasteiger partial charge in [0.2, 0.25) is 0 Å². The molecule has 0 aliphatic carbocycles. The number of carbonyl (C=O) groups is 3. The fourth-order valence-electron chi connectivity index (χ4n) is 4.11. The highest BCUT2D eigenvalue weighted by atomic mass is 16.5. The third-order valence-electron chi connectivity index (χ3n) is 5.50. The van der Waals surface area contributed by atoms with Crippen LogP contribution in [0.15, 0.2) is 54.7 Å². The molecule has 3 aromatic rings. The molecule has 0 fully saturated rings. The van der Waals surface area contributed by atoms with Crippen LogP contribution in [0.4, 0.5) is 0 Å². The molecule has 0 saturated heterocycles. The quantitative estimate of drug-likeness (QED) is 0.533. The highest BCUT2D eigenvalue weighted by molar-refractivity contribution is 6.24. The third-order valence-corrected chi connectivity index (χ3v) is 5.50. The number of rotatable bonds is 8. The van der Waals surface area contributed by atoms with Crippen LogP contribution in [0, 0.1) is 0 Å². The topological polar surface area (TPSA) is 88.7 Å². The number of ether oxygens (including phenoxy) is 2. The van der Waals surface area contributed by atoms with E-state index in [0.717, 1.165) is 5.69 Å². The zero-order chi connectivity index (χ0) is 22.8. The van der Waals surface area contributed by atoms with Gasteiger partial charge in [-0.15, -0.1) is 0 Å². The van der Waals surface area contributed by atoms with Gasteiger partial charge >= 0.3 is 0 Å². The monoisotopic (exact) mass is 432 g/mol. The van der Waals surface area contributed by atoms with E-state index in [1.165, 1.54) is 18.9 Å². The Morgan fingerprint density at radius 3 is 2.47 bits per heavy atom. The van der Waals surface area contributed by atoms with Crippen molar-refractivity contribution in [3.63, 3.8) is 0 Å². The minimum atomic E-state index is -0.762. The van der Waals surface area contributed by atoms with Crippen LogP contribution in [0.25, 0.3) is 11.3 Å². The number of ketones is 1. The van der Waals surface area contributed by atoms with Gasteiger partial charge in [-0.2, -0.15) is 0 Å². The molecule has 1 aliphatic rings. The maximum atomic E-state index is 13.6. The highest BCUT2D eigenvalue weighted by Gasteiger charge is 2.42. The maximum absolute atomic E-state index is 13.6. The Bertz CT molecular complexity index is 1180. The number of amides is 2. The average Bonchev–Trinajstić information content (AvgIpc) is 3.40. The summed E-state index contributed by atoms with van der Waals surface area (Å²) in [6, 6.07) is 13.3. The van der Waals surface area contributed by atoms with E-state index < -0.39 is 17.9 Å². The molecule has 0 radical (unpaired) electrons. The van der Waals surface area contributed by atoms with E-state index in [1.807, 2.05) is 19.1 Å². The van der Waals surface area contributed by atoms with Gasteiger partial charge in [-0.05, 0) is 49.7 Å². The zero-order valence-electron chi connectivity index (χ0n) is 18.2. The van der Waals surface area contributed by atoms with Gasteiger partial charge in [0, 0.05) is 23.9 Å². The molecule has 7 nitrogen and oxygen atoms in total. The Kier molecular flexibility index (Phi) is 5.81. The summed E-state index contributed by atoms with van der Waals surface area (Å²) in [5, 5.41) is 0. The lowest BCUT2D eigenvalue weighted by Crippen LogP contribution is -2.35. The van der Waals surface area contributed by atoms with Gasteiger partial charge < -0.3 is 14.5 Å². The number of benzene rings is 2. The zero-order valence-corrected chi connectivity index (χ0v) is 18.2. The molecular formula is C25H24N2O5. The first kappa shape index (κ1) is 21.4. The van der Waals surface area contributed by atoms with Gasteiger partial charge in [-0.25, -0.2) is 0 Å². The minimum absolute atomic E-state index is 0.00119. The largest absolute Gasteiger partial charge is 0.493 e. The summed E-state index contributed by atoms with van der Waals surface area (Å²) < 4.78 is 11.0. The van der Waals surface area contributed by atoms with Gasteiger partial charge in [-0.3, -0.25) is 19.3 Å². The Hall–Kier alpha value is -3.87. The number of carbonyl (C=O) groups excluding carboxylic acids is 3. The molecule has 1 aromatic heterocycles. The van der Waals surface area contributed by atoms with Crippen molar-refractivity contribution >= 4 is 17.6 Å². The van der Waals surface area contributed by atoms with Gasteiger partial charge in [0.1, 0.15) is 5.78 Å². The number of aromatic nitrogens is 1. The van der Waals surface area contributed by atoms with Crippen LogP contribution in [-0.2, 0) is 4.79 Å². The Labute approximate surface area is 186 Å². The fourth-order valence-corrected chi connectivity index (χ4v) is 4.11. The highest BCUT2D eigenvalue weighted by Crippen LogP contribution is 2.40. The number of Topliss-reactive ketones (excluding diaryl/α,β-unsaturated/α-hetero) is 1. The van der Waals surface area contributed by atoms with Gasteiger partial charge in [-0.1, -0.05) is 18.2 Å². The van der Waals surface area contributed by atoms with Gasteiger partial charge in [0.05, 0.1) is 30.9 Å². The molecule has 2 aromatic carbocycles. The first-order chi connectivity index (χ1) is 15.5. The number of nitrogens with one attached hydrogen (secondary N) is 1. The molecule has 2 amide bonds. The lowest BCUT2D eigenvalue weighted by Gasteiger charge is -2.26. The summed E-state index contributed by atoms with van der Waals surface area (Å²) in [5.74, 6) is 0.0527. The van der Waals surface area contributed by atoms with Crippen LogP contribution >= 0.6 is 0 Å². The first-order valence-corrected chi connectivity index (χ1v) is 10.4. The van der Waals surface area contributed by atoms with Crippen LogP contribution < -0.4 is 9.47 Å². The third kappa shape index (κ3) is 3.66. The summed E-state index contributed by atoms with van der Waals surface area (Å²) in [4.78, 5) is 43.4. The predicted molar refractivity (Wildman–Crippen MR) is 119 cm³/mol. The Morgan fingerprint density at radius 2 is 1.81 bits per heavy atom. The van der Waals surface area contributed by atoms with Crippen LogP contribution in [0.1, 0.15) is 52.6 Å².